The van der Waals surface area contributed by atoms with Crippen molar-refractivity contribution in [3.8, 4) is 17.2 Å². The molecule has 0 spiro atoms. The summed E-state index contributed by atoms with van der Waals surface area (Å²) >= 11 is 0. The van der Waals surface area contributed by atoms with Gasteiger partial charge in [0.1, 0.15) is 5.82 Å². The molecule has 1 aliphatic rings. The Morgan fingerprint density at radius 3 is 2.16 bits per heavy atom. The summed E-state index contributed by atoms with van der Waals surface area (Å²) < 4.78 is 29.7. The second-order valence-electron chi connectivity index (χ2n) is 7.33. The van der Waals surface area contributed by atoms with Gasteiger partial charge in [0.05, 0.1) is 21.3 Å². The number of aliphatic imine (C=N–C) groups is 1. The molecule has 1 N–H and O–H groups in total. The third kappa shape index (κ3) is 6.61. The van der Waals surface area contributed by atoms with Gasteiger partial charge in [-0.05, 0) is 35.4 Å². The highest BCUT2D eigenvalue weighted by molar-refractivity contribution is 14.0. The molecule has 0 aliphatic carbocycles. The molecule has 0 radical (unpaired) electrons. The van der Waals surface area contributed by atoms with Crippen LogP contribution < -0.4 is 19.5 Å². The average Bonchev–Trinajstić information content (AvgIpc) is 2.79. The van der Waals surface area contributed by atoms with E-state index in [0.29, 0.717) is 23.8 Å². The minimum atomic E-state index is -0.227. The van der Waals surface area contributed by atoms with Crippen molar-refractivity contribution >= 4 is 29.9 Å². The van der Waals surface area contributed by atoms with E-state index in [4.69, 9.17) is 14.2 Å². The Kier molecular flexibility index (Phi) is 10.3. The van der Waals surface area contributed by atoms with E-state index in [1.165, 1.54) is 12.1 Å². The van der Waals surface area contributed by atoms with Gasteiger partial charge in [0.2, 0.25) is 5.75 Å². The number of nitrogens with one attached hydrogen (secondary N) is 1. The predicted octanol–water partition coefficient (Wildman–Crippen LogP) is 3.36. The summed E-state index contributed by atoms with van der Waals surface area (Å²) in [5.74, 6) is 2.54. The maximum absolute atomic E-state index is 13.4. The number of halogens is 2. The second-order valence-corrected chi connectivity index (χ2v) is 7.33. The molecular weight excluding hydrogens is 526 g/mol. The van der Waals surface area contributed by atoms with Gasteiger partial charge in [-0.1, -0.05) is 12.1 Å². The van der Waals surface area contributed by atoms with E-state index in [-0.39, 0.29) is 29.8 Å². The molecule has 0 atom stereocenters. The zero-order chi connectivity index (χ0) is 22.2. The summed E-state index contributed by atoms with van der Waals surface area (Å²) in [4.78, 5) is 9.01. The van der Waals surface area contributed by atoms with Crippen LogP contribution in [-0.4, -0.2) is 70.3 Å². The van der Waals surface area contributed by atoms with Gasteiger partial charge in [-0.25, -0.2) is 4.39 Å². The zero-order valence-corrected chi connectivity index (χ0v) is 21.4. The van der Waals surface area contributed by atoms with Crippen LogP contribution in [0.25, 0.3) is 0 Å². The maximum atomic E-state index is 13.4. The molecule has 9 heteroatoms. The van der Waals surface area contributed by atoms with E-state index in [2.05, 4.69) is 20.1 Å². The average molecular weight is 558 g/mol. The molecule has 1 fully saturated rings. The van der Waals surface area contributed by atoms with Crippen LogP contribution in [-0.2, 0) is 13.1 Å². The van der Waals surface area contributed by atoms with Crippen LogP contribution >= 0.6 is 24.0 Å². The third-order valence-corrected chi connectivity index (χ3v) is 5.35. The molecule has 7 nitrogen and oxygen atoms in total. The van der Waals surface area contributed by atoms with Gasteiger partial charge in [0.25, 0.3) is 0 Å². The first kappa shape index (κ1) is 26.0. The number of nitrogens with zero attached hydrogens (tertiary/aromatic N) is 3. The summed E-state index contributed by atoms with van der Waals surface area (Å²) in [6.07, 6.45) is 0. The Labute approximate surface area is 206 Å². The summed E-state index contributed by atoms with van der Waals surface area (Å²) in [6.45, 7) is 4.84. The number of guanidine groups is 1. The highest BCUT2D eigenvalue weighted by Gasteiger charge is 2.21. The molecule has 2 aromatic carbocycles. The first-order chi connectivity index (χ1) is 15.1. The van der Waals surface area contributed by atoms with Crippen LogP contribution in [0.5, 0.6) is 17.2 Å². The number of rotatable bonds is 7. The summed E-state index contributed by atoms with van der Waals surface area (Å²) in [5.41, 5.74) is 2.00. The third-order valence-electron chi connectivity index (χ3n) is 5.35. The van der Waals surface area contributed by atoms with Crippen LogP contribution in [0.1, 0.15) is 11.1 Å². The standard InChI is InChI=1S/C23H31FN4O3.HI/c1-25-23(26-15-17-6-5-7-19(24)12-17)28-10-8-27(9-11-28)16-18-13-20(29-2)22(31-4)21(14-18)30-3;/h5-7,12-14H,8-11,15-16H2,1-4H3,(H,25,26);1H. The van der Waals surface area contributed by atoms with Gasteiger partial charge >= 0.3 is 0 Å². The van der Waals surface area contributed by atoms with Gasteiger partial charge in [-0.3, -0.25) is 9.89 Å². The summed E-state index contributed by atoms with van der Waals surface area (Å²) in [7, 11) is 6.63. The van der Waals surface area contributed by atoms with Crippen LogP contribution in [0.3, 0.4) is 0 Å². The Morgan fingerprint density at radius 1 is 0.969 bits per heavy atom. The number of hydrogen-bond donors (Lipinski definition) is 1. The van der Waals surface area contributed by atoms with Crippen LogP contribution in [0.4, 0.5) is 4.39 Å². The van der Waals surface area contributed by atoms with E-state index >= 15 is 0 Å². The first-order valence-electron chi connectivity index (χ1n) is 10.3. The second kappa shape index (κ2) is 12.7. The van der Waals surface area contributed by atoms with E-state index in [0.717, 1.165) is 49.8 Å². The molecule has 0 saturated carbocycles. The van der Waals surface area contributed by atoms with Gasteiger partial charge in [-0.15, -0.1) is 24.0 Å². The first-order valence-corrected chi connectivity index (χ1v) is 10.3. The van der Waals surface area contributed by atoms with Crippen molar-refractivity contribution in [3.05, 3.63) is 53.3 Å². The Hall–Kier alpha value is -2.27. The van der Waals surface area contributed by atoms with Crippen molar-refractivity contribution in [3.63, 3.8) is 0 Å². The van der Waals surface area contributed by atoms with Crippen molar-refractivity contribution < 1.29 is 18.6 Å². The van der Waals surface area contributed by atoms with Crippen molar-refractivity contribution in [1.82, 2.24) is 15.1 Å². The number of piperazine rings is 1. The Morgan fingerprint density at radius 2 is 1.62 bits per heavy atom. The summed E-state index contributed by atoms with van der Waals surface area (Å²) in [5, 5.41) is 3.33. The van der Waals surface area contributed by atoms with Crippen molar-refractivity contribution in [1.29, 1.82) is 0 Å². The fourth-order valence-corrected chi connectivity index (χ4v) is 3.76. The fraction of sp³-hybridized carbons (Fsp3) is 0.435. The minimum absolute atomic E-state index is 0. The SMILES string of the molecule is CN=C(NCc1cccc(F)c1)N1CCN(Cc2cc(OC)c(OC)c(OC)c2)CC1.I. The molecular formula is C23H32FIN4O3. The largest absolute Gasteiger partial charge is 0.493 e. The lowest BCUT2D eigenvalue weighted by molar-refractivity contribution is 0.172. The molecule has 2 aromatic rings. The molecule has 1 heterocycles. The number of ether oxygens (including phenoxy) is 3. The van der Waals surface area contributed by atoms with Crippen molar-refractivity contribution in [2.75, 3.05) is 54.6 Å². The number of benzene rings is 2. The molecule has 0 bridgehead atoms. The molecule has 176 valence electrons. The van der Waals surface area contributed by atoms with E-state index in [9.17, 15) is 4.39 Å². The van der Waals surface area contributed by atoms with Gasteiger partial charge in [-0.2, -0.15) is 0 Å². The molecule has 1 saturated heterocycles. The van der Waals surface area contributed by atoms with Crippen LogP contribution in [0, 0.1) is 5.82 Å². The van der Waals surface area contributed by atoms with Crippen molar-refractivity contribution in [2.24, 2.45) is 4.99 Å². The highest BCUT2D eigenvalue weighted by atomic mass is 127. The lowest BCUT2D eigenvalue weighted by Gasteiger charge is -2.36. The quantitative estimate of drug-likeness (QED) is 0.320. The lowest BCUT2D eigenvalue weighted by Crippen LogP contribution is -2.52. The molecule has 0 amide bonds. The zero-order valence-electron chi connectivity index (χ0n) is 19.1. The normalized spacial score (nSPS) is 14.5. The minimum Gasteiger partial charge on any atom is -0.493 e. The predicted molar refractivity (Wildman–Crippen MR) is 135 cm³/mol. The smallest absolute Gasteiger partial charge is 0.203 e. The lowest BCUT2D eigenvalue weighted by atomic mass is 10.1. The Bertz CT molecular complexity index is 880. The van der Waals surface area contributed by atoms with Crippen LogP contribution in [0.2, 0.25) is 0 Å². The van der Waals surface area contributed by atoms with E-state index < -0.39 is 0 Å². The summed E-state index contributed by atoms with van der Waals surface area (Å²) in [6, 6.07) is 10.6. The number of hydrogen-bond acceptors (Lipinski definition) is 5. The van der Waals surface area contributed by atoms with Gasteiger partial charge in [0.15, 0.2) is 17.5 Å². The van der Waals surface area contributed by atoms with Gasteiger partial charge < -0.3 is 24.4 Å². The molecule has 0 unspecified atom stereocenters. The highest BCUT2D eigenvalue weighted by Crippen LogP contribution is 2.38. The van der Waals surface area contributed by atoms with Crippen molar-refractivity contribution in [2.45, 2.75) is 13.1 Å². The molecule has 3 rings (SSSR count). The number of methoxy groups -OCH3 is 3. The molecule has 0 aromatic heterocycles. The van der Waals surface area contributed by atoms with Crippen LogP contribution in [0.15, 0.2) is 41.4 Å². The maximum Gasteiger partial charge on any atom is 0.203 e. The Balaban J connectivity index is 0.00000363. The van der Waals surface area contributed by atoms with E-state index in [1.807, 2.05) is 18.2 Å². The van der Waals surface area contributed by atoms with Gasteiger partial charge in [0, 0.05) is 46.3 Å². The topological polar surface area (TPSA) is 58.6 Å². The fourth-order valence-electron chi connectivity index (χ4n) is 3.76. The molecule has 1 aliphatic heterocycles. The molecule has 32 heavy (non-hydrogen) atoms. The monoisotopic (exact) mass is 558 g/mol. The van der Waals surface area contributed by atoms with E-state index in [1.54, 1.807) is 34.4 Å².